The maximum absolute atomic E-state index is 13.2. The zero-order valence-electron chi connectivity index (χ0n) is 17.2. The molecule has 0 aromatic heterocycles. The van der Waals surface area contributed by atoms with Crippen LogP contribution in [0.1, 0.15) is 29.7 Å². The van der Waals surface area contributed by atoms with Gasteiger partial charge in [-0.1, -0.05) is 18.2 Å². The number of nitrogens with one attached hydrogen (secondary N) is 3. The number of rotatable bonds is 5. The van der Waals surface area contributed by atoms with Gasteiger partial charge in [0.25, 0.3) is 5.91 Å². The van der Waals surface area contributed by atoms with Crippen LogP contribution in [0.2, 0.25) is 0 Å². The van der Waals surface area contributed by atoms with Crippen LogP contribution < -0.4 is 25.4 Å². The first-order chi connectivity index (χ1) is 13.8. The van der Waals surface area contributed by atoms with Gasteiger partial charge in [0.05, 0.1) is 25.8 Å². The lowest BCUT2D eigenvalue weighted by molar-refractivity contribution is -0.113. The average molecular weight is 395 g/mol. The first kappa shape index (κ1) is 20.3. The van der Waals surface area contributed by atoms with Gasteiger partial charge < -0.3 is 25.4 Å². The summed E-state index contributed by atoms with van der Waals surface area (Å²) in [6.07, 6.45) is 0. The molecule has 29 heavy (non-hydrogen) atoms. The highest BCUT2D eigenvalue weighted by Crippen LogP contribution is 2.34. The fourth-order valence-electron chi connectivity index (χ4n) is 3.34. The third kappa shape index (κ3) is 4.18. The quantitative estimate of drug-likeness (QED) is 0.722. The van der Waals surface area contributed by atoms with Crippen molar-refractivity contribution < 1.29 is 19.1 Å². The minimum atomic E-state index is -0.631. The molecule has 1 aliphatic heterocycles. The first-order valence-corrected chi connectivity index (χ1v) is 9.23. The maximum atomic E-state index is 13.2. The van der Waals surface area contributed by atoms with Crippen molar-refractivity contribution in [3.63, 3.8) is 0 Å². The fraction of sp³-hybridized carbons (Fsp3) is 0.273. The van der Waals surface area contributed by atoms with Gasteiger partial charge in [-0.25, -0.2) is 4.79 Å². The van der Waals surface area contributed by atoms with E-state index in [1.54, 1.807) is 32.2 Å². The van der Waals surface area contributed by atoms with Crippen molar-refractivity contribution >= 4 is 17.6 Å². The molecule has 0 spiro atoms. The van der Waals surface area contributed by atoms with Crippen molar-refractivity contribution in [2.75, 3.05) is 19.5 Å². The summed E-state index contributed by atoms with van der Waals surface area (Å²) in [5.41, 5.74) is 4.37. The number of hydrogen-bond donors (Lipinski definition) is 3. The lowest BCUT2D eigenvalue weighted by Gasteiger charge is -2.29. The summed E-state index contributed by atoms with van der Waals surface area (Å²) in [5, 5.41) is 8.49. The number of benzene rings is 2. The van der Waals surface area contributed by atoms with E-state index in [2.05, 4.69) is 16.0 Å². The van der Waals surface area contributed by atoms with E-state index in [4.69, 9.17) is 9.47 Å². The highest BCUT2D eigenvalue weighted by Gasteiger charge is 2.32. The van der Waals surface area contributed by atoms with Crippen LogP contribution in [0.15, 0.2) is 47.7 Å². The van der Waals surface area contributed by atoms with Crippen LogP contribution in [-0.4, -0.2) is 26.2 Å². The van der Waals surface area contributed by atoms with Gasteiger partial charge in [0, 0.05) is 11.4 Å². The molecule has 0 saturated carbocycles. The van der Waals surface area contributed by atoms with Crippen molar-refractivity contribution in [3.05, 3.63) is 64.4 Å². The molecule has 0 aliphatic carbocycles. The van der Waals surface area contributed by atoms with Crippen LogP contribution in [0.3, 0.4) is 0 Å². The van der Waals surface area contributed by atoms with Crippen molar-refractivity contribution in [1.82, 2.24) is 10.6 Å². The third-order valence-electron chi connectivity index (χ3n) is 4.90. The number of carbonyl (C=O) groups excluding carboxylic acids is 2. The Labute approximate surface area is 170 Å². The van der Waals surface area contributed by atoms with Gasteiger partial charge in [-0.15, -0.1) is 0 Å². The Bertz CT molecular complexity index is 998. The summed E-state index contributed by atoms with van der Waals surface area (Å²) in [5.74, 6) is 0.798. The van der Waals surface area contributed by atoms with Gasteiger partial charge in [-0.05, 0) is 55.7 Å². The number of anilines is 1. The Morgan fingerprint density at radius 2 is 1.72 bits per heavy atom. The molecule has 1 aliphatic rings. The molecule has 2 aromatic carbocycles. The normalized spacial score (nSPS) is 16.0. The van der Waals surface area contributed by atoms with Crippen LogP contribution in [0.4, 0.5) is 10.5 Å². The van der Waals surface area contributed by atoms with Crippen molar-refractivity contribution in [3.8, 4) is 11.5 Å². The molecule has 3 rings (SSSR count). The Kier molecular flexibility index (Phi) is 5.77. The standard InChI is InChI=1S/C22H25N3O4/c1-12-6-7-13(2)16(10-12)24-21(26)19-14(3)23-22(27)25-20(19)15-8-9-17(28-4)18(11-15)29-5/h6-11,20H,1-5H3,(H,24,26)(H2,23,25,27)/t20-/m1/s1. The highest BCUT2D eigenvalue weighted by atomic mass is 16.5. The molecule has 0 saturated heterocycles. The summed E-state index contributed by atoms with van der Waals surface area (Å²) in [4.78, 5) is 25.3. The molecule has 1 atom stereocenters. The predicted molar refractivity (Wildman–Crippen MR) is 111 cm³/mol. The molecule has 0 radical (unpaired) electrons. The van der Waals surface area contributed by atoms with Crippen LogP contribution in [0, 0.1) is 13.8 Å². The number of ether oxygens (including phenoxy) is 2. The Morgan fingerprint density at radius 1 is 1.00 bits per heavy atom. The van der Waals surface area contributed by atoms with E-state index >= 15 is 0 Å². The van der Waals surface area contributed by atoms with Gasteiger partial charge in [0.2, 0.25) is 0 Å². The maximum Gasteiger partial charge on any atom is 0.319 e. The monoisotopic (exact) mass is 395 g/mol. The van der Waals surface area contributed by atoms with E-state index in [0.29, 0.717) is 28.3 Å². The van der Waals surface area contributed by atoms with Gasteiger partial charge in [0.1, 0.15) is 0 Å². The summed E-state index contributed by atoms with van der Waals surface area (Å²) in [6.45, 7) is 5.61. The largest absolute Gasteiger partial charge is 0.493 e. The fourth-order valence-corrected chi connectivity index (χ4v) is 3.34. The minimum Gasteiger partial charge on any atom is -0.493 e. The summed E-state index contributed by atoms with van der Waals surface area (Å²) in [6, 6.07) is 10.2. The van der Waals surface area contributed by atoms with Gasteiger partial charge in [-0.2, -0.15) is 0 Å². The highest BCUT2D eigenvalue weighted by molar-refractivity contribution is 6.07. The smallest absolute Gasteiger partial charge is 0.319 e. The summed E-state index contributed by atoms with van der Waals surface area (Å²) in [7, 11) is 3.09. The third-order valence-corrected chi connectivity index (χ3v) is 4.90. The molecule has 7 heteroatoms. The van der Waals surface area contributed by atoms with Gasteiger partial charge >= 0.3 is 6.03 Å². The molecule has 0 unspecified atom stereocenters. The number of hydrogen-bond acceptors (Lipinski definition) is 4. The number of aryl methyl sites for hydroxylation is 2. The second-order valence-corrected chi connectivity index (χ2v) is 6.96. The van der Waals surface area contributed by atoms with E-state index in [1.807, 2.05) is 32.0 Å². The Balaban J connectivity index is 2.00. The van der Waals surface area contributed by atoms with Crippen molar-refractivity contribution in [2.45, 2.75) is 26.8 Å². The lowest BCUT2D eigenvalue weighted by Crippen LogP contribution is -2.46. The number of urea groups is 1. The van der Waals surface area contributed by atoms with E-state index in [0.717, 1.165) is 16.8 Å². The zero-order chi connectivity index (χ0) is 21.1. The molecule has 2 aromatic rings. The number of carbonyl (C=O) groups is 2. The number of amides is 3. The lowest BCUT2D eigenvalue weighted by atomic mass is 9.94. The molecule has 3 N–H and O–H groups in total. The van der Waals surface area contributed by atoms with Crippen LogP contribution in [0.25, 0.3) is 0 Å². The SMILES string of the molecule is COc1ccc([C@H]2NC(=O)NC(C)=C2C(=O)Nc2cc(C)ccc2C)cc1OC. The van der Waals surface area contributed by atoms with Crippen LogP contribution in [-0.2, 0) is 4.79 Å². The Morgan fingerprint density at radius 3 is 2.41 bits per heavy atom. The average Bonchev–Trinajstić information content (AvgIpc) is 2.69. The molecular formula is C22H25N3O4. The second-order valence-electron chi connectivity index (χ2n) is 6.96. The molecule has 0 fully saturated rings. The van der Waals surface area contributed by atoms with E-state index in [9.17, 15) is 9.59 Å². The van der Waals surface area contributed by atoms with Crippen molar-refractivity contribution in [2.24, 2.45) is 0 Å². The van der Waals surface area contributed by atoms with Gasteiger partial charge in [-0.3, -0.25) is 4.79 Å². The number of methoxy groups -OCH3 is 2. The molecular weight excluding hydrogens is 370 g/mol. The molecule has 152 valence electrons. The second kappa shape index (κ2) is 8.26. The summed E-state index contributed by atoms with van der Waals surface area (Å²) < 4.78 is 10.7. The molecule has 0 bridgehead atoms. The van der Waals surface area contributed by atoms with Crippen LogP contribution >= 0.6 is 0 Å². The molecule has 1 heterocycles. The van der Waals surface area contributed by atoms with E-state index < -0.39 is 6.04 Å². The molecule has 3 amide bonds. The van der Waals surface area contributed by atoms with Gasteiger partial charge in [0.15, 0.2) is 11.5 Å². The first-order valence-electron chi connectivity index (χ1n) is 9.23. The Hall–Kier alpha value is -3.48. The zero-order valence-corrected chi connectivity index (χ0v) is 17.2. The van der Waals surface area contributed by atoms with Crippen molar-refractivity contribution in [1.29, 1.82) is 0 Å². The predicted octanol–water partition coefficient (Wildman–Crippen LogP) is 3.59. The van der Waals surface area contributed by atoms with E-state index in [-0.39, 0.29) is 11.9 Å². The molecule has 7 nitrogen and oxygen atoms in total. The minimum absolute atomic E-state index is 0.288. The topological polar surface area (TPSA) is 88.7 Å². The summed E-state index contributed by atoms with van der Waals surface area (Å²) >= 11 is 0. The number of allylic oxidation sites excluding steroid dienone is 1. The van der Waals surface area contributed by atoms with Crippen LogP contribution in [0.5, 0.6) is 11.5 Å². The van der Waals surface area contributed by atoms with E-state index in [1.165, 1.54) is 7.11 Å².